The minimum atomic E-state index is -1.70. The van der Waals surface area contributed by atoms with Crippen molar-refractivity contribution in [3.05, 3.63) is 35.9 Å². The van der Waals surface area contributed by atoms with E-state index in [0.717, 1.165) is 0 Å². The highest BCUT2D eigenvalue weighted by molar-refractivity contribution is 6.74. The second kappa shape index (κ2) is 6.00. The first-order valence-electron chi connectivity index (χ1n) is 6.49. The summed E-state index contributed by atoms with van der Waals surface area (Å²) in [6.07, 6.45) is 0.0281. The number of benzene rings is 1. The summed E-state index contributed by atoms with van der Waals surface area (Å²) < 4.78 is 11.8. The van der Waals surface area contributed by atoms with E-state index >= 15 is 0 Å². The Morgan fingerprint density at radius 1 is 1.11 bits per heavy atom. The van der Waals surface area contributed by atoms with Crippen molar-refractivity contribution in [2.24, 2.45) is 0 Å². The Balaban J connectivity index is 2.67. The van der Waals surface area contributed by atoms with Crippen LogP contribution in [0.5, 0.6) is 0 Å². The van der Waals surface area contributed by atoms with Crippen LogP contribution < -0.4 is 0 Å². The Hall–Kier alpha value is -0.643. The van der Waals surface area contributed by atoms with E-state index in [-0.39, 0.29) is 11.1 Å². The average molecular weight is 266 g/mol. The SMILES string of the molecule is CO[C@@H](CO[Si](C)(C)C(C)(C)C)c1ccccc1. The molecular formula is C15H26O2Si. The lowest BCUT2D eigenvalue weighted by Gasteiger charge is -2.37. The molecule has 0 aromatic heterocycles. The molecule has 0 fully saturated rings. The van der Waals surface area contributed by atoms with Crippen LogP contribution in [0.1, 0.15) is 32.4 Å². The van der Waals surface area contributed by atoms with Crippen LogP contribution in [0, 0.1) is 0 Å². The monoisotopic (exact) mass is 266 g/mol. The van der Waals surface area contributed by atoms with Gasteiger partial charge in [0.25, 0.3) is 0 Å². The molecule has 0 bridgehead atoms. The van der Waals surface area contributed by atoms with E-state index in [2.05, 4.69) is 46.0 Å². The molecule has 0 amide bonds. The van der Waals surface area contributed by atoms with Crippen LogP contribution in [0.4, 0.5) is 0 Å². The molecular weight excluding hydrogens is 240 g/mol. The molecule has 0 saturated heterocycles. The number of ether oxygens (including phenoxy) is 1. The van der Waals surface area contributed by atoms with Crippen molar-refractivity contribution in [1.29, 1.82) is 0 Å². The fourth-order valence-electron chi connectivity index (χ4n) is 1.47. The number of hydrogen-bond acceptors (Lipinski definition) is 2. The van der Waals surface area contributed by atoms with Crippen molar-refractivity contribution in [2.75, 3.05) is 13.7 Å². The lowest BCUT2D eigenvalue weighted by molar-refractivity contribution is 0.0525. The molecule has 1 atom stereocenters. The van der Waals surface area contributed by atoms with Gasteiger partial charge in [-0.05, 0) is 23.7 Å². The van der Waals surface area contributed by atoms with Gasteiger partial charge in [0, 0.05) is 7.11 Å². The molecule has 0 saturated carbocycles. The minimum absolute atomic E-state index is 0.0281. The van der Waals surface area contributed by atoms with Crippen LogP contribution in [0.25, 0.3) is 0 Å². The second-order valence-corrected chi connectivity index (χ2v) is 11.0. The van der Waals surface area contributed by atoms with Crippen LogP contribution in [0.3, 0.4) is 0 Å². The van der Waals surface area contributed by atoms with Gasteiger partial charge in [0.1, 0.15) is 6.10 Å². The topological polar surface area (TPSA) is 18.5 Å². The molecule has 1 aromatic carbocycles. The minimum Gasteiger partial charge on any atom is -0.414 e. The third-order valence-electron chi connectivity index (χ3n) is 3.86. The highest BCUT2D eigenvalue weighted by Gasteiger charge is 2.37. The quantitative estimate of drug-likeness (QED) is 0.736. The van der Waals surface area contributed by atoms with Crippen molar-refractivity contribution in [2.45, 2.75) is 45.0 Å². The number of methoxy groups -OCH3 is 1. The van der Waals surface area contributed by atoms with E-state index in [9.17, 15) is 0 Å². The largest absolute Gasteiger partial charge is 0.414 e. The van der Waals surface area contributed by atoms with Gasteiger partial charge in [-0.3, -0.25) is 0 Å². The van der Waals surface area contributed by atoms with Crippen LogP contribution in [-0.4, -0.2) is 22.0 Å². The van der Waals surface area contributed by atoms with Gasteiger partial charge >= 0.3 is 0 Å². The fourth-order valence-corrected chi connectivity index (χ4v) is 2.47. The van der Waals surface area contributed by atoms with Crippen LogP contribution >= 0.6 is 0 Å². The first-order valence-corrected chi connectivity index (χ1v) is 9.40. The molecule has 0 radical (unpaired) electrons. The summed E-state index contributed by atoms with van der Waals surface area (Å²) in [4.78, 5) is 0. The van der Waals surface area contributed by atoms with Crippen LogP contribution in [0.2, 0.25) is 18.1 Å². The smallest absolute Gasteiger partial charge is 0.192 e. The van der Waals surface area contributed by atoms with Crippen molar-refractivity contribution < 1.29 is 9.16 Å². The van der Waals surface area contributed by atoms with E-state index in [4.69, 9.17) is 9.16 Å². The van der Waals surface area contributed by atoms with Gasteiger partial charge in [0.15, 0.2) is 8.32 Å². The maximum absolute atomic E-state index is 6.22. The van der Waals surface area contributed by atoms with Crippen molar-refractivity contribution in [3.8, 4) is 0 Å². The first-order chi connectivity index (χ1) is 8.28. The van der Waals surface area contributed by atoms with Crippen LogP contribution in [0.15, 0.2) is 30.3 Å². The van der Waals surface area contributed by atoms with Gasteiger partial charge in [-0.25, -0.2) is 0 Å². The predicted molar refractivity (Wildman–Crippen MR) is 79.3 cm³/mol. The van der Waals surface area contributed by atoms with Gasteiger partial charge in [-0.15, -0.1) is 0 Å². The van der Waals surface area contributed by atoms with Crippen LogP contribution in [-0.2, 0) is 9.16 Å². The standard InChI is InChI=1S/C15H26O2Si/c1-15(2,3)18(5,6)17-12-14(16-4)13-10-8-7-9-11-13/h7-11,14H,12H2,1-6H3/t14-/m0/s1. The summed E-state index contributed by atoms with van der Waals surface area (Å²) in [5.74, 6) is 0. The van der Waals surface area contributed by atoms with Gasteiger partial charge in [-0.1, -0.05) is 51.1 Å². The number of hydrogen-bond donors (Lipinski definition) is 0. The molecule has 0 N–H and O–H groups in total. The summed E-state index contributed by atoms with van der Waals surface area (Å²) in [6, 6.07) is 10.3. The highest BCUT2D eigenvalue weighted by atomic mass is 28.4. The van der Waals surface area contributed by atoms with Gasteiger partial charge < -0.3 is 9.16 Å². The molecule has 0 heterocycles. The highest BCUT2D eigenvalue weighted by Crippen LogP contribution is 2.37. The molecule has 0 aliphatic rings. The Morgan fingerprint density at radius 3 is 2.11 bits per heavy atom. The molecule has 0 spiro atoms. The first kappa shape index (κ1) is 15.4. The van der Waals surface area contributed by atoms with Gasteiger partial charge in [-0.2, -0.15) is 0 Å². The normalized spacial score (nSPS) is 14.6. The molecule has 2 nitrogen and oxygen atoms in total. The Morgan fingerprint density at radius 2 is 1.67 bits per heavy atom. The molecule has 0 aliphatic heterocycles. The summed E-state index contributed by atoms with van der Waals surface area (Å²) in [5, 5.41) is 0.238. The van der Waals surface area contributed by atoms with Crippen molar-refractivity contribution in [3.63, 3.8) is 0 Å². The summed E-state index contributed by atoms with van der Waals surface area (Å²) in [6.45, 7) is 11.9. The second-order valence-electron chi connectivity index (χ2n) is 6.21. The van der Waals surface area contributed by atoms with E-state index in [0.29, 0.717) is 6.61 Å². The zero-order chi connectivity index (χ0) is 13.8. The van der Waals surface area contributed by atoms with E-state index in [1.54, 1.807) is 7.11 Å². The predicted octanol–water partition coefficient (Wildman–Crippen LogP) is 4.40. The molecule has 18 heavy (non-hydrogen) atoms. The molecule has 0 unspecified atom stereocenters. The molecule has 0 aliphatic carbocycles. The summed E-state index contributed by atoms with van der Waals surface area (Å²) >= 11 is 0. The molecule has 1 aromatic rings. The van der Waals surface area contributed by atoms with E-state index < -0.39 is 8.32 Å². The van der Waals surface area contributed by atoms with E-state index in [1.807, 2.05) is 18.2 Å². The molecule has 1 rings (SSSR count). The zero-order valence-corrected chi connectivity index (χ0v) is 13.5. The van der Waals surface area contributed by atoms with Gasteiger partial charge in [0.05, 0.1) is 6.61 Å². The maximum atomic E-state index is 6.22. The Labute approximate surface area is 112 Å². The summed E-state index contributed by atoms with van der Waals surface area (Å²) in [5.41, 5.74) is 1.18. The van der Waals surface area contributed by atoms with E-state index in [1.165, 1.54) is 5.56 Å². The van der Waals surface area contributed by atoms with Gasteiger partial charge in [0.2, 0.25) is 0 Å². The Kier molecular flexibility index (Phi) is 5.14. The lowest BCUT2D eigenvalue weighted by atomic mass is 10.1. The third kappa shape index (κ3) is 3.94. The fraction of sp³-hybridized carbons (Fsp3) is 0.600. The zero-order valence-electron chi connectivity index (χ0n) is 12.5. The third-order valence-corrected chi connectivity index (χ3v) is 8.36. The number of rotatable bonds is 5. The van der Waals surface area contributed by atoms with Crippen molar-refractivity contribution >= 4 is 8.32 Å². The maximum Gasteiger partial charge on any atom is 0.192 e. The molecule has 102 valence electrons. The molecule has 3 heteroatoms. The summed E-state index contributed by atoms with van der Waals surface area (Å²) in [7, 11) is 0.0459. The lowest BCUT2D eigenvalue weighted by Crippen LogP contribution is -2.41. The average Bonchev–Trinajstić information content (AvgIpc) is 2.29. The van der Waals surface area contributed by atoms with Crippen molar-refractivity contribution in [1.82, 2.24) is 0 Å². The Bertz CT molecular complexity index is 355.